The molecule has 0 radical (unpaired) electrons. The standard InChI is InChI=1S/C23H30FN2O10PS/c24-17-13-26(22(29)25-21(17)28)20-12-18(27)19(36-20)15-35-37(31,32)34-10-6-1-2-7-11-38-23(30)33-14-16-8-4-3-5-9-16/h3-5,8-9,13,18-20,27H,1-2,6-7,10-12,14-15H2,(H,31,32)(H,25,28,29)/t18-,19-,20-/m1/s1. The molecule has 4 atom stereocenters. The lowest BCUT2D eigenvalue weighted by Gasteiger charge is -2.18. The number of nitrogens with one attached hydrogen (secondary N) is 1. The minimum atomic E-state index is -4.43. The maximum absolute atomic E-state index is 13.5. The number of phosphoric acid groups is 1. The first-order valence-corrected chi connectivity index (χ1v) is 14.4. The number of unbranched alkanes of at least 4 members (excludes halogenated alkanes) is 3. The van der Waals surface area contributed by atoms with Gasteiger partial charge in [-0.05, 0) is 30.2 Å². The molecular weight excluding hydrogens is 546 g/mol. The van der Waals surface area contributed by atoms with Gasteiger partial charge < -0.3 is 19.5 Å². The van der Waals surface area contributed by atoms with E-state index in [0.29, 0.717) is 24.8 Å². The van der Waals surface area contributed by atoms with E-state index in [1.54, 1.807) is 4.98 Å². The maximum Gasteiger partial charge on any atom is 0.472 e. The zero-order chi connectivity index (χ0) is 27.5. The average Bonchev–Trinajstić information content (AvgIpc) is 3.26. The molecule has 1 aliphatic heterocycles. The largest absolute Gasteiger partial charge is 0.472 e. The van der Waals surface area contributed by atoms with E-state index < -0.39 is 49.9 Å². The molecule has 12 nitrogen and oxygen atoms in total. The Hall–Kier alpha value is -2.32. The number of ether oxygens (including phenoxy) is 2. The van der Waals surface area contributed by atoms with Crippen LogP contribution in [0.15, 0.2) is 46.1 Å². The van der Waals surface area contributed by atoms with Gasteiger partial charge in [-0.15, -0.1) is 0 Å². The Morgan fingerprint density at radius 2 is 1.92 bits per heavy atom. The molecule has 2 heterocycles. The Kier molecular flexibility index (Phi) is 11.7. The predicted molar refractivity (Wildman–Crippen MR) is 135 cm³/mol. The normalized spacial score (nSPS) is 20.8. The molecule has 38 heavy (non-hydrogen) atoms. The van der Waals surface area contributed by atoms with Gasteiger partial charge in [0.2, 0.25) is 5.82 Å². The highest BCUT2D eigenvalue weighted by atomic mass is 32.2. The van der Waals surface area contributed by atoms with Crippen LogP contribution in [0.2, 0.25) is 0 Å². The topological polar surface area (TPSA) is 166 Å². The third kappa shape index (κ3) is 9.77. The summed E-state index contributed by atoms with van der Waals surface area (Å²) >= 11 is 1.10. The minimum Gasteiger partial charge on any atom is -0.453 e. The molecule has 1 fully saturated rings. The van der Waals surface area contributed by atoms with Crippen LogP contribution in [0.1, 0.15) is 43.9 Å². The number of H-pyrrole nitrogens is 1. The van der Waals surface area contributed by atoms with E-state index >= 15 is 0 Å². The van der Waals surface area contributed by atoms with E-state index in [1.807, 2.05) is 30.3 Å². The van der Waals surface area contributed by atoms with E-state index in [-0.39, 0.29) is 24.9 Å². The fourth-order valence-corrected chi connectivity index (χ4v) is 4.99. The molecule has 1 aromatic carbocycles. The van der Waals surface area contributed by atoms with Crippen molar-refractivity contribution in [3.63, 3.8) is 0 Å². The molecule has 3 rings (SSSR count). The fourth-order valence-electron chi connectivity index (χ4n) is 3.57. The smallest absolute Gasteiger partial charge is 0.453 e. The van der Waals surface area contributed by atoms with E-state index in [2.05, 4.69) is 0 Å². The summed E-state index contributed by atoms with van der Waals surface area (Å²) in [7, 11) is -4.43. The zero-order valence-corrected chi connectivity index (χ0v) is 22.1. The van der Waals surface area contributed by atoms with Crippen molar-refractivity contribution in [2.75, 3.05) is 19.0 Å². The summed E-state index contributed by atoms with van der Waals surface area (Å²) in [5, 5.41) is 9.80. The number of hydrogen-bond acceptors (Lipinski definition) is 10. The van der Waals surface area contributed by atoms with Gasteiger partial charge >= 0.3 is 18.8 Å². The van der Waals surface area contributed by atoms with Crippen LogP contribution in [0.4, 0.5) is 9.18 Å². The van der Waals surface area contributed by atoms with Crippen LogP contribution < -0.4 is 11.2 Å². The number of nitrogens with zero attached hydrogens (tertiary/aromatic N) is 1. The number of aliphatic hydroxyl groups is 1. The molecule has 0 spiro atoms. The van der Waals surface area contributed by atoms with E-state index in [4.69, 9.17) is 18.5 Å². The molecule has 2 aromatic rings. The number of thioether (sulfide) groups is 1. The molecule has 1 aromatic heterocycles. The molecule has 0 aliphatic carbocycles. The van der Waals surface area contributed by atoms with Gasteiger partial charge in [0, 0.05) is 12.2 Å². The van der Waals surface area contributed by atoms with Crippen molar-refractivity contribution >= 4 is 24.9 Å². The number of halogens is 1. The summed E-state index contributed by atoms with van der Waals surface area (Å²) < 4.78 is 46.9. The Morgan fingerprint density at radius 3 is 2.68 bits per heavy atom. The van der Waals surface area contributed by atoms with Crippen LogP contribution in [-0.4, -0.2) is 56.0 Å². The number of phosphoric ester groups is 1. The second-order valence-electron chi connectivity index (χ2n) is 8.46. The summed E-state index contributed by atoms with van der Waals surface area (Å²) in [4.78, 5) is 46.4. The number of carbonyl (C=O) groups is 1. The van der Waals surface area contributed by atoms with Crippen LogP contribution in [0, 0.1) is 5.82 Å². The predicted octanol–water partition coefficient (Wildman–Crippen LogP) is 3.09. The Bertz CT molecular complexity index is 1210. The van der Waals surface area contributed by atoms with Crippen molar-refractivity contribution < 1.29 is 42.3 Å². The quantitative estimate of drug-likeness (QED) is 0.172. The zero-order valence-electron chi connectivity index (χ0n) is 20.4. The maximum atomic E-state index is 13.5. The number of aliphatic hydroxyl groups excluding tert-OH is 1. The first-order valence-electron chi connectivity index (χ1n) is 11.9. The van der Waals surface area contributed by atoms with Crippen molar-refractivity contribution in [3.8, 4) is 0 Å². The molecule has 3 N–H and O–H groups in total. The van der Waals surface area contributed by atoms with E-state index in [0.717, 1.165) is 34.7 Å². The molecule has 15 heteroatoms. The van der Waals surface area contributed by atoms with Gasteiger partial charge in [0.05, 0.1) is 25.5 Å². The van der Waals surface area contributed by atoms with Gasteiger partial charge in [0.25, 0.3) is 5.56 Å². The number of carbonyl (C=O) groups excluding carboxylic acids is 1. The summed E-state index contributed by atoms with van der Waals surface area (Å²) in [6.45, 7) is -0.318. The lowest BCUT2D eigenvalue weighted by molar-refractivity contribution is -0.0468. The van der Waals surface area contributed by atoms with Crippen LogP contribution in [0.25, 0.3) is 0 Å². The Labute approximate surface area is 221 Å². The average molecular weight is 577 g/mol. The number of rotatable bonds is 14. The third-order valence-electron chi connectivity index (χ3n) is 5.55. The summed E-state index contributed by atoms with van der Waals surface area (Å²) in [5.41, 5.74) is -1.18. The SMILES string of the molecule is O=C(OCc1ccccc1)SCCCCCCOP(=O)(O)OC[C@H]1O[C@@H](n2cc(F)c(=O)[nH]c2=O)C[C@H]1O. The van der Waals surface area contributed by atoms with Crippen molar-refractivity contribution in [1.82, 2.24) is 9.55 Å². The third-order valence-corrected chi connectivity index (χ3v) is 7.38. The molecule has 1 unspecified atom stereocenters. The Morgan fingerprint density at radius 1 is 1.18 bits per heavy atom. The molecule has 0 bridgehead atoms. The first kappa shape index (κ1) is 30.2. The number of aromatic nitrogens is 2. The van der Waals surface area contributed by atoms with E-state index in [1.165, 1.54) is 0 Å². The van der Waals surface area contributed by atoms with Gasteiger partial charge in [-0.2, -0.15) is 4.39 Å². The number of aromatic amines is 1. The molecule has 1 aliphatic rings. The van der Waals surface area contributed by atoms with Gasteiger partial charge in [0.15, 0.2) is 0 Å². The van der Waals surface area contributed by atoms with Crippen LogP contribution >= 0.6 is 19.6 Å². The van der Waals surface area contributed by atoms with Gasteiger partial charge in [-0.3, -0.25) is 23.4 Å². The summed E-state index contributed by atoms with van der Waals surface area (Å²) in [6, 6.07) is 9.38. The minimum absolute atomic E-state index is 0.0389. The fraction of sp³-hybridized carbons (Fsp3) is 0.522. The lowest BCUT2D eigenvalue weighted by Crippen LogP contribution is -2.34. The molecule has 0 saturated carbocycles. The summed E-state index contributed by atoms with van der Waals surface area (Å²) in [6.07, 6.45) is -0.0691. The van der Waals surface area contributed by atoms with Crippen molar-refractivity contribution in [1.29, 1.82) is 0 Å². The second kappa shape index (κ2) is 14.7. The van der Waals surface area contributed by atoms with Crippen molar-refractivity contribution in [2.45, 2.75) is 57.1 Å². The first-order chi connectivity index (χ1) is 18.1. The van der Waals surface area contributed by atoms with Gasteiger partial charge in [0.1, 0.15) is 18.9 Å². The molecular formula is C23H30FN2O10PS. The van der Waals surface area contributed by atoms with Crippen LogP contribution in [-0.2, 0) is 29.7 Å². The lowest BCUT2D eigenvalue weighted by atomic mass is 10.2. The van der Waals surface area contributed by atoms with E-state index in [9.17, 15) is 33.3 Å². The highest BCUT2D eigenvalue weighted by Crippen LogP contribution is 2.44. The van der Waals surface area contributed by atoms with Gasteiger partial charge in [-0.1, -0.05) is 43.2 Å². The van der Waals surface area contributed by atoms with Gasteiger partial charge in [-0.25, -0.2) is 14.2 Å². The monoisotopic (exact) mass is 576 g/mol. The second-order valence-corrected chi connectivity index (χ2v) is 10.9. The Balaban J connectivity index is 1.25. The summed E-state index contributed by atoms with van der Waals surface area (Å²) in [5.74, 6) is -0.603. The van der Waals surface area contributed by atoms with Crippen molar-refractivity contribution in [3.05, 3.63) is 68.7 Å². The number of hydrogen-bond donors (Lipinski definition) is 3. The van der Waals surface area contributed by atoms with Crippen LogP contribution in [0.5, 0.6) is 0 Å². The van der Waals surface area contributed by atoms with Crippen LogP contribution in [0.3, 0.4) is 0 Å². The molecule has 1 saturated heterocycles. The highest BCUT2D eigenvalue weighted by molar-refractivity contribution is 8.13. The van der Waals surface area contributed by atoms with Crippen molar-refractivity contribution in [2.24, 2.45) is 0 Å². The highest BCUT2D eigenvalue weighted by Gasteiger charge is 2.37. The molecule has 0 amide bonds. The molecule has 210 valence electrons. The number of benzene rings is 1.